The molecule has 1 aromatic carbocycles. The summed E-state index contributed by atoms with van der Waals surface area (Å²) in [6, 6.07) is 11.7. The predicted octanol–water partition coefficient (Wildman–Crippen LogP) is 3.38. The molecular weight excluding hydrogens is 268 g/mol. The fourth-order valence-corrected chi connectivity index (χ4v) is 1.82. The molecule has 5 heteroatoms. The Morgan fingerprint density at radius 2 is 1.95 bits per heavy atom. The zero-order valence-corrected chi connectivity index (χ0v) is 11.1. The van der Waals surface area contributed by atoms with Crippen LogP contribution in [-0.4, -0.2) is 11.1 Å². The van der Waals surface area contributed by atoms with Gasteiger partial charge in [-0.05, 0) is 30.7 Å². The summed E-state index contributed by atoms with van der Waals surface area (Å²) in [4.78, 5) is 11.1. The van der Waals surface area contributed by atoms with Crippen LogP contribution in [0.1, 0.15) is 21.7 Å². The summed E-state index contributed by atoms with van der Waals surface area (Å²) in [7, 11) is 0. The van der Waals surface area contributed by atoms with Crippen LogP contribution in [0.2, 0.25) is 0 Å². The highest BCUT2D eigenvalue weighted by atomic mass is 16.4. The van der Waals surface area contributed by atoms with E-state index >= 15 is 0 Å². The lowest BCUT2D eigenvalue weighted by atomic mass is 10.0. The summed E-state index contributed by atoms with van der Waals surface area (Å²) in [6.45, 7) is 1.72. The van der Waals surface area contributed by atoms with E-state index < -0.39 is 5.97 Å². The maximum Gasteiger partial charge on any atom is 0.335 e. The van der Waals surface area contributed by atoms with Crippen molar-refractivity contribution < 1.29 is 14.3 Å². The predicted molar refractivity (Wildman–Crippen MR) is 75.0 cm³/mol. The molecule has 2 aromatic rings. The maximum absolute atomic E-state index is 11.1. The smallest absolute Gasteiger partial charge is 0.335 e. The summed E-state index contributed by atoms with van der Waals surface area (Å²) < 4.78 is 5.51. The highest BCUT2D eigenvalue weighted by molar-refractivity contribution is 5.90. The average molecular weight is 278 g/mol. The Labute approximate surface area is 121 Å². The third-order valence-corrected chi connectivity index (χ3v) is 2.91. The van der Waals surface area contributed by atoms with Crippen LogP contribution in [0.25, 0.3) is 17.4 Å². The van der Waals surface area contributed by atoms with Crippen molar-refractivity contribution in [1.29, 1.82) is 10.5 Å². The van der Waals surface area contributed by atoms with Gasteiger partial charge in [0.15, 0.2) is 0 Å². The normalized spacial score (nSPS) is 9.48. The number of allylic oxidation sites excluding steroid dienone is 1. The molecule has 1 N–H and O–H groups in total. The first-order valence-electron chi connectivity index (χ1n) is 6.01. The molecule has 0 aliphatic heterocycles. The first-order chi connectivity index (χ1) is 10.0. The molecule has 102 valence electrons. The number of carboxylic acid groups (broad SMARTS) is 1. The van der Waals surface area contributed by atoms with E-state index in [0.717, 1.165) is 0 Å². The molecule has 0 saturated heterocycles. The molecule has 5 nitrogen and oxygen atoms in total. The fourth-order valence-electron chi connectivity index (χ4n) is 1.82. The van der Waals surface area contributed by atoms with Crippen molar-refractivity contribution in [1.82, 2.24) is 0 Å². The number of benzene rings is 1. The van der Waals surface area contributed by atoms with Gasteiger partial charge in [-0.1, -0.05) is 12.1 Å². The van der Waals surface area contributed by atoms with Gasteiger partial charge in [0, 0.05) is 11.6 Å². The second kappa shape index (κ2) is 5.77. The maximum atomic E-state index is 11.1. The molecule has 0 atom stereocenters. The Bertz CT molecular complexity index is 801. The van der Waals surface area contributed by atoms with Crippen molar-refractivity contribution in [2.75, 3.05) is 0 Å². The molecule has 0 fully saturated rings. The van der Waals surface area contributed by atoms with Crippen molar-refractivity contribution in [3.05, 3.63) is 52.8 Å². The van der Waals surface area contributed by atoms with Crippen LogP contribution in [0.3, 0.4) is 0 Å². The number of carbonyl (C=O) groups is 1. The van der Waals surface area contributed by atoms with Crippen LogP contribution in [0.15, 0.2) is 40.3 Å². The minimum Gasteiger partial charge on any atom is -0.478 e. The standard InChI is InChI=1S/C16H10N2O3/c1-10-2-3-12(7-14(10)16(19)20)15-5-4-13(21-15)6-11(8-17)9-18/h2-7H,1H3,(H,19,20). The molecule has 0 bridgehead atoms. The van der Waals surface area contributed by atoms with Gasteiger partial charge in [-0.3, -0.25) is 0 Å². The number of hydrogen-bond donors (Lipinski definition) is 1. The molecule has 1 heterocycles. The van der Waals surface area contributed by atoms with Gasteiger partial charge in [0.2, 0.25) is 0 Å². The van der Waals surface area contributed by atoms with E-state index in [9.17, 15) is 4.79 Å². The van der Waals surface area contributed by atoms with Crippen molar-refractivity contribution in [2.24, 2.45) is 0 Å². The zero-order chi connectivity index (χ0) is 15.4. The molecule has 0 aliphatic carbocycles. The number of aryl methyl sites for hydroxylation is 1. The molecule has 0 unspecified atom stereocenters. The lowest BCUT2D eigenvalue weighted by Gasteiger charge is -2.03. The summed E-state index contributed by atoms with van der Waals surface area (Å²) in [5.41, 5.74) is 1.42. The summed E-state index contributed by atoms with van der Waals surface area (Å²) in [5, 5.41) is 26.5. The zero-order valence-electron chi connectivity index (χ0n) is 11.1. The van der Waals surface area contributed by atoms with Gasteiger partial charge in [-0.2, -0.15) is 10.5 Å². The Morgan fingerprint density at radius 3 is 2.57 bits per heavy atom. The van der Waals surface area contributed by atoms with E-state index in [-0.39, 0.29) is 11.1 Å². The van der Waals surface area contributed by atoms with Crippen LogP contribution in [0, 0.1) is 29.6 Å². The third kappa shape index (κ3) is 2.99. The Morgan fingerprint density at radius 1 is 1.24 bits per heavy atom. The largest absolute Gasteiger partial charge is 0.478 e. The number of carboxylic acids is 1. The molecule has 0 aliphatic rings. The van der Waals surface area contributed by atoms with Gasteiger partial charge in [0.05, 0.1) is 5.56 Å². The minimum absolute atomic E-state index is 0.0639. The Kier molecular flexibility index (Phi) is 3.87. The van der Waals surface area contributed by atoms with Gasteiger partial charge in [0.25, 0.3) is 0 Å². The number of aromatic carboxylic acids is 1. The molecular formula is C16H10N2O3. The molecule has 1 aromatic heterocycles. The van der Waals surface area contributed by atoms with E-state index in [2.05, 4.69) is 0 Å². The van der Waals surface area contributed by atoms with Gasteiger partial charge in [-0.15, -0.1) is 0 Å². The quantitative estimate of drug-likeness (QED) is 0.868. The number of nitrogens with zero attached hydrogens (tertiary/aromatic N) is 2. The van der Waals surface area contributed by atoms with E-state index in [0.29, 0.717) is 22.6 Å². The van der Waals surface area contributed by atoms with Gasteiger partial charge in [-0.25, -0.2) is 4.79 Å². The number of hydrogen-bond acceptors (Lipinski definition) is 4. The SMILES string of the molecule is Cc1ccc(-c2ccc(C=C(C#N)C#N)o2)cc1C(=O)O. The molecule has 0 saturated carbocycles. The number of rotatable bonds is 3. The van der Waals surface area contributed by atoms with E-state index in [4.69, 9.17) is 20.0 Å². The molecule has 0 radical (unpaired) electrons. The summed E-state index contributed by atoms with van der Waals surface area (Å²) in [5.74, 6) is -0.170. The second-order valence-corrected chi connectivity index (χ2v) is 4.32. The Balaban J connectivity index is 2.42. The third-order valence-electron chi connectivity index (χ3n) is 2.91. The molecule has 0 spiro atoms. The highest BCUT2D eigenvalue weighted by Gasteiger charge is 2.11. The van der Waals surface area contributed by atoms with Crippen LogP contribution in [0.5, 0.6) is 0 Å². The second-order valence-electron chi connectivity index (χ2n) is 4.32. The fraction of sp³-hybridized carbons (Fsp3) is 0.0625. The number of nitriles is 2. The summed E-state index contributed by atoms with van der Waals surface area (Å²) in [6.07, 6.45) is 1.33. The van der Waals surface area contributed by atoms with Crippen LogP contribution in [-0.2, 0) is 0 Å². The number of furan rings is 1. The average Bonchev–Trinajstić information content (AvgIpc) is 2.93. The molecule has 0 amide bonds. The lowest BCUT2D eigenvalue weighted by Crippen LogP contribution is -1.99. The monoisotopic (exact) mass is 278 g/mol. The first kappa shape index (κ1) is 14.1. The van der Waals surface area contributed by atoms with E-state index in [1.807, 2.05) is 0 Å². The molecule has 2 rings (SSSR count). The van der Waals surface area contributed by atoms with Crippen LogP contribution >= 0.6 is 0 Å². The van der Waals surface area contributed by atoms with Crippen LogP contribution in [0.4, 0.5) is 0 Å². The van der Waals surface area contributed by atoms with Crippen LogP contribution < -0.4 is 0 Å². The van der Waals surface area contributed by atoms with Gasteiger partial charge >= 0.3 is 5.97 Å². The lowest BCUT2D eigenvalue weighted by molar-refractivity contribution is 0.0696. The minimum atomic E-state index is -1.00. The Hall–Kier alpha value is -3.31. The summed E-state index contributed by atoms with van der Waals surface area (Å²) >= 11 is 0. The van der Waals surface area contributed by atoms with Gasteiger partial charge in [0.1, 0.15) is 29.2 Å². The molecule has 21 heavy (non-hydrogen) atoms. The van der Waals surface area contributed by atoms with E-state index in [1.54, 1.807) is 43.3 Å². The van der Waals surface area contributed by atoms with Crippen molar-refractivity contribution in [3.63, 3.8) is 0 Å². The van der Waals surface area contributed by atoms with E-state index in [1.165, 1.54) is 12.1 Å². The van der Waals surface area contributed by atoms with Crippen molar-refractivity contribution >= 4 is 12.0 Å². The van der Waals surface area contributed by atoms with Crippen molar-refractivity contribution in [2.45, 2.75) is 6.92 Å². The van der Waals surface area contributed by atoms with Gasteiger partial charge < -0.3 is 9.52 Å². The topological polar surface area (TPSA) is 98.0 Å². The highest BCUT2D eigenvalue weighted by Crippen LogP contribution is 2.25. The first-order valence-corrected chi connectivity index (χ1v) is 6.01. The van der Waals surface area contributed by atoms with Crippen molar-refractivity contribution in [3.8, 4) is 23.5 Å².